The van der Waals surface area contributed by atoms with Crippen molar-refractivity contribution in [3.05, 3.63) is 93.8 Å². The van der Waals surface area contributed by atoms with Crippen LogP contribution < -0.4 is 5.32 Å². The first-order chi connectivity index (χ1) is 13.8. The van der Waals surface area contributed by atoms with Crippen LogP contribution in [0.25, 0.3) is 0 Å². The van der Waals surface area contributed by atoms with Crippen LogP contribution in [0.1, 0.15) is 68.7 Å². The summed E-state index contributed by atoms with van der Waals surface area (Å²) in [4.78, 5) is 28.3. The maximum Gasteiger partial charge on any atom is 0.235 e. The fourth-order valence-corrected chi connectivity index (χ4v) is 3.98. The molecule has 0 aliphatic carbocycles. The number of aromatic amines is 1. The first kappa shape index (κ1) is 20.7. The highest BCUT2D eigenvalue weighted by Gasteiger charge is 2.29. The Morgan fingerprint density at radius 3 is 2.03 bits per heavy atom. The van der Waals surface area contributed by atoms with Crippen LogP contribution in [-0.2, 0) is 0 Å². The molecule has 1 heterocycles. The van der Waals surface area contributed by atoms with Gasteiger partial charge in [0.2, 0.25) is 5.78 Å². The Morgan fingerprint density at radius 1 is 0.897 bits per heavy atom. The molecule has 2 aromatic carbocycles. The Morgan fingerprint density at radius 2 is 1.48 bits per heavy atom. The Bertz CT molecular complexity index is 1020. The molecule has 0 radical (unpaired) electrons. The lowest BCUT2D eigenvalue weighted by molar-refractivity contribution is -0.703. The van der Waals surface area contributed by atoms with Crippen molar-refractivity contribution >= 4 is 11.6 Å². The molecule has 0 amide bonds. The van der Waals surface area contributed by atoms with Crippen molar-refractivity contribution in [3.8, 4) is 0 Å². The maximum atomic E-state index is 13.2. The molecule has 0 fully saturated rings. The van der Waals surface area contributed by atoms with E-state index >= 15 is 0 Å². The summed E-state index contributed by atoms with van der Waals surface area (Å²) in [7, 11) is 0. The van der Waals surface area contributed by atoms with Crippen LogP contribution >= 0.6 is 0 Å². The number of aromatic nitrogens is 1. The average molecular weight is 390 g/mol. The number of ketones is 2. The summed E-state index contributed by atoms with van der Waals surface area (Å²) in [6.07, 6.45) is 0. The standard InChI is InChI=1S/C25H28N2O2/c1-15-11-13-21(14-12-15)24(20-9-7-6-8-10-20)27-18(4)25(29)23-16(2)22(19(5)28)17(3)26-23/h6-14,18,24,26-27H,1-5H3/p+1/t18-,24+/m1/s1. The van der Waals surface area contributed by atoms with E-state index in [4.69, 9.17) is 0 Å². The fourth-order valence-electron chi connectivity index (χ4n) is 3.98. The molecule has 0 unspecified atom stereocenters. The fraction of sp³-hybridized carbons (Fsp3) is 0.280. The number of carbonyl (C=O) groups excluding carboxylic acids is 2. The van der Waals surface area contributed by atoms with Gasteiger partial charge in [0.05, 0.1) is 5.69 Å². The van der Waals surface area contributed by atoms with Gasteiger partial charge in [0.15, 0.2) is 5.78 Å². The highest BCUT2D eigenvalue weighted by Crippen LogP contribution is 2.21. The second-order valence-corrected chi connectivity index (χ2v) is 7.83. The molecule has 0 aliphatic heterocycles. The maximum absolute atomic E-state index is 13.2. The van der Waals surface area contributed by atoms with Gasteiger partial charge in [-0.05, 0) is 40.2 Å². The largest absolute Gasteiger partial charge is 0.355 e. The molecular formula is C25H29N2O2+. The number of carbonyl (C=O) groups is 2. The van der Waals surface area contributed by atoms with Crippen LogP contribution in [0, 0.1) is 20.8 Å². The molecule has 0 aliphatic rings. The number of aryl methyl sites for hydroxylation is 2. The minimum Gasteiger partial charge on any atom is -0.355 e. The number of hydrogen-bond donors (Lipinski definition) is 2. The zero-order valence-corrected chi connectivity index (χ0v) is 17.7. The van der Waals surface area contributed by atoms with Gasteiger partial charge in [-0.3, -0.25) is 9.59 Å². The summed E-state index contributed by atoms with van der Waals surface area (Å²) in [5, 5.41) is 2.10. The quantitative estimate of drug-likeness (QED) is 0.598. The van der Waals surface area contributed by atoms with Gasteiger partial charge in [0.1, 0.15) is 12.1 Å². The monoisotopic (exact) mass is 389 g/mol. The van der Waals surface area contributed by atoms with E-state index < -0.39 is 0 Å². The molecule has 29 heavy (non-hydrogen) atoms. The van der Waals surface area contributed by atoms with E-state index in [-0.39, 0.29) is 23.7 Å². The van der Waals surface area contributed by atoms with Gasteiger partial charge in [-0.1, -0.05) is 60.2 Å². The lowest BCUT2D eigenvalue weighted by atomic mass is 9.96. The van der Waals surface area contributed by atoms with E-state index in [1.807, 2.05) is 39.0 Å². The number of quaternary nitrogens is 1. The smallest absolute Gasteiger partial charge is 0.235 e. The normalized spacial score (nSPS) is 13.1. The van der Waals surface area contributed by atoms with Gasteiger partial charge >= 0.3 is 0 Å². The lowest BCUT2D eigenvalue weighted by Crippen LogP contribution is -2.92. The second kappa shape index (κ2) is 8.58. The minimum atomic E-state index is -0.307. The van der Waals surface area contributed by atoms with Gasteiger partial charge in [0, 0.05) is 22.4 Å². The third-order valence-corrected chi connectivity index (χ3v) is 5.53. The van der Waals surface area contributed by atoms with Gasteiger partial charge in [-0.25, -0.2) is 0 Å². The van der Waals surface area contributed by atoms with Gasteiger partial charge < -0.3 is 10.3 Å². The zero-order chi connectivity index (χ0) is 21.1. The van der Waals surface area contributed by atoms with Crippen LogP contribution in [-0.4, -0.2) is 22.6 Å². The van der Waals surface area contributed by atoms with Crippen molar-refractivity contribution in [1.82, 2.24) is 4.98 Å². The first-order valence-corrected chi connectivity index (χ1v) is 10.0. The summed E-state index contributed by atoms with van der Waals surface area (Å²) in [6.45, 7) is 9.22. The average Bonchev–Trinajstić information content (AvgIpc) is 3.01. The zero-order valence-electron chi connectivity index (χ0n) is 17.7. The Hall–Kier alpha value is -2.98. The molecule has 0 saturated carbocycles. The van der Waals surface area contributed by atoms with Crippen LogP contribution in [0.5, 0.6) is 0 Å². The molecule has 4 heteroatoms. The van der Waals surface area contributed by atoms with Gasteiger partial charge in [0.25, 0.3) is 0 Å². The lowest BCUT2D eigenvalue weighted by Gasteiger charge is -2.20. The van der Waals surface area contributed by atoms with Crippen molar-refractivity contribution in [2.24, 2.45) is 0 Å². The number of benzene rings is 2. The number of H-pyrrole nitrogens is 1. The number of Topliss-reactive ketones (excluding diaryl/α,β-unsaturated/α-hetero) is 2. The summed E-state index contributed by atoms with van der Waals surface area (Å²) >= 11 is 0. The van der Waals surface area contributed by atoms with E-state index in [2.05, 4.69) is 53.6 Å². The molecule has 0 bridgehead atoms. The first-order valence-electron chi connectivity index (χ1n) is 10.0. The van der Waals surface area contributed by atoms with Crippen molar-refractivity contribution in [2.75, 3.05) is 0 Å². The number of hydrogen-bond acceptors (Lipinski definition) is 2. The predicted octanol–water partition coefficient (Wildman–Crippen LogP) is 4.07. The molecule has 0 saturated heterocycles. The van der Waals surface area contributed by atoms with E-state index in [1.54, 1.807) is 0 Å². The molecule has 0 spiro atoms. The van der Waals surface area contributed by atoms with Gasteiger partial charge in [-0.15, -0.1) is 0 Å². The molecule has 3 aromatic rings. The molecule has 3 N–H and O–H groups in total. The SMILES string of the molecule is CC(=O)c1c(C)[nH]c(C(=O)[C@@H](C)[NH2+][C@@H](c2ccccc2)c2ccc(C)cc2)c1C. The molecule has 2 atom stereocenters. The second-order valence-electron chi connectivity index (χ2n) is 7.83. The summed E-state index contributed by atoms with van der Waals surface area (Å²) in [6, 6.07) is 18.4. The van der Waals surface area contributed by atoms with Gasteiger partial charge in [-0.2, -0.15) is 0 Å². The van der Waals surface area contributed by atoms with E-state index in [0.29, 0.717) is 11.3 Å². The van der Waals surface area contributed by atoms with Crippen LogP contribution in [0.15, 0.2) is 54.6 Å². The minimum absolute atomic E-state index is 0.00569. The Balaban J connectivity index is 1.92. The number of nitrogens with one attached hydrogen (secondary N) is 1. The molecule has 3 rings (SSSR count). The summed E-state index contributed by atoms with van der Waals surface area (Å²) < 4.78 is 0. The highest BCUT2D eigenvalue weighted by molar-refractivity contribution is 6.04. The number of rotatable bonds is 7. The molecule has 150 valence electrons. The summed E-state index contributed by atoms with van der Waals surface area (Å²) in [5.74, 6) is -0.0140. The molecule has 1 aromatic heterocycles. The Kier molecular flexibility index (Phi) is 6.14. The van der Waals surface area contributed by atoms with Crippen molar-refractivity contribution < 1.29 is 14.9 Å². The highest BCUT2D eigenvalue weighted by atomic mass is 16.1. The third-order valence-electron chi connectivity index (χ3n) is 5.53. The van der Waals surface area contributed by atoms with E-state index in [0.717, 1.165) is 22.4 Å². The molecule has 4 nitrogen and oxygen atoms in total. The van der Waals surface area contributed by atoms with Crippen molar-refractivity contribution in [1.29, 1.82) is 0 Å². The third kappa shape index (κ3) is 4.38. The van der Waals surface area contributed by atoms with Crippen LogP contribution in [0.2, 0.25) is 0 Å². The van der Waals surface area contributed by atoms with Crippen LogP contribution in [0.3, 0.4) is 0 Å². The van der Waals surface area contributed by atoms with Crippen molar-refractivity contribution in [3.63, 3.8) is 0 Å². The van der Waals surface area contributed by atoms with E-state index in [9.17, 15) is 9.59 Å². The predicted molar refractivity (Wildman–Crippen MR) is 115 cm³/mol. The number of nitrogens with two attached hydrogens (primary N) is 1. The van der Waals surface area contributed by atoms with Crippen molar-refractivity contribution in [2.45, 2.75) is 46.7 Å². The van der Waals surface area contributed by atoms with Crippen LogP contribution in [0.4, 0.5) is 0 Å². The Labute approximate surface area is 172 Å². The van der Waals surface area contributed by atoms with E-state index in [1.165, 1.54) is 12.5 Å². The summed E-state index contributed by atoms with van der Waals surface area (Å²) in [5.41, 5.74) is 6.17. The molecular weight excluding hydrogens is 360 g/mol. The topological polar surface area (TPSA) is 66.5 Å².